The molecule has 3 fully saturated rings. The third-order valence-electron chi connectivity index (χ3n) is 10.5. The summed E-state index contributed by atoms with van der Waals surface area (Å²) >= 11 is 0. The first-order valence-electron chi connectivity index (χ1n) is 12.8. The molecule has 0 aromatic carbocycles. The van der Waals surface area contributed by atoms with E-state index in [-0.39, 0.29) is 23.5 Å². The summed E-state index contributed by atoms with van der Waals surface area (Å²) in [5.74, 6) is 3.03. The number of carbonyl (C=O) groups is 1. The number of hydrogen-bond donors (Lipinski definition) is 2. The third kappa shape index (κ3) is 3.41. The Bertz CT molecular complexity index is 781. The number of aliphatic hydroxyl groups excluding tert-OH is 1. The average molecular weight is 429 g/mol. The normalized spacial score (nSPS) is 47.0. The van der Waals surface area contributed by atoms with E-state index in [0.717, 1.165) is 19.3 Å². The Morgan fingerprint density at radius 3 is 2.39 bits per heavy atom. The van der Waals surface area contributed by atoms with Crippen LogP contribution in [0.25, 0.3) is 0 Å². The molecule has 0 aromatic rings. The maximum Gasteiger partial charge on any atom is 0.187 e. The van der Waals surface area contributed by atoms with Crippen molar-refractivity contribution in [3.05, 3.63) is 23.8 Å². The number of rotatable bonds is 4. The topological polar surface area (TPSA) is 57.5 Å². The molecule has 174 valence electrons. The minimum absolute atomic E-state index is 0.147. The Labute approximate surface area is 189 Å². The van der Waals surface area contributed by atoms with Gasteiger partial charge in [-0.2, -0.15) is 0 Å². The monoisotopic (exact) mass is 428 g/mol. The Hall–Kier alpha value is -0.930. The fraction of sp³-hybridized carbons (Fsp3) is 0.821. The molecule has 4 aliphatic rings. The average Bonchev–Trinajstić information content (AvgIpc) is 3.05. The summed E-state index contributed by atoms with van der Waals surface area (Å²) < 4.78 is 0. The van der Waals surface area contributed by atoms with E-state index in [4.69, 9.17) is 0 Å². The first kappa shape index (κ1) is 23.2. The van der Waals surface area contributed by atoms with Crippen LogP contribution in [0.4, 0.5) is 0 Å². The van der Waals surface area contributed by atoms with Crippen molar-refractivity contribution in [1.82, 2.24) is 0 Å². The molecule has 3 heteroatoms. The largest absolute Gasteiger partial charge is 0.393 e. The fourth-order valence-corrected chi connectivity index (χ4v) is 7.96. The predicted molar refractivity (Wildman–Crippen MR) is 125 cm³/mol. The van der Waals surface area contributed by atoms with Gasteiger partial charge in [-0.15, -0.1) is 0 Å². The predicted octanol–water partition coefficient (Wildman–Crippen LogP) is 5.70. The van der Waals surface area contributed by atoms with Crippen molar-refractivity contribution in [2.45, 2.75) is 98.2 Å². The molecule has 4 aliphatic carbocycles. The molecule has 0 radical (unpaired) electrons. The molecule has 0 heterocycles. The van der Waals surface area contributed by atoms with Gasteiger partial charge in [0, 0.05) is 11.8 Å². The van der Waals surface area contributed by atoms with Crippen molar-refractivity contribution >= 4 is 5.78 Å². The molecule has 31 heavy (non-hydrogen) atoms. The van der Waals surface area contributed by atoms with E-state index in [1.807, 2.05) is 6.08 Å². The minimum atomic E-state index is -1.40. The second-order valence-corrected chi connectivity index (χ2v) is 12.4. The number of aliphatic hydroxyl groups is 2. The summed E-state index contributed by atoms with van der Waals surface area (Å²) in [6.45, 7) is 13.9. The molecule has 0 saturated heterocycles. The summed E-state index contributed by atoms with van der Waals surface area (Å²) in [7, 11) is 0. The molecular formula is C28H44O3. The summed E-state index contributed by atoms with van der Waals surface area (Å²) in [4.78, 5) is 13.3. The highest BCUT2D eigenvalue weighted by Gasteiger charge is 2.65. The molecule has 0 bridgehead atoms. The minimum Gasteiger partial charge on any atom is -0.393 e. The lowest BCUT2D eigenvalue weighted by Crippen LogP contribution is -2.64. The first-order valence-corrected chi connectivity index (χ1v) is 12.8. The lowest BCUT2D eigenvalue weighted by atomic mass is 9.46. The van der Waals surface area contributed by atoms with Crippen LogP contribution in [0.2, 0.25) is 0 Å². The van der Waals surface area contributed by atoms with Gasteiger partial charge < -0.3 is 10.2 Å². The van der Waals surface area contributed by atoms with Crippen LogP contribution in [-0.2, 0) is 4.79 Å². The molecule has 4 rings (SSSR count). The number of carbonyl (C=O) groups excluding carboxylic acids is 1. The van der Waals surface area contributed by atoms with Gasteiger partial charge in [0.2, 0.25) is 0 Å². The van der Waals surface area contributed by atoms with Crippen molar-refractivity contribution in [1.29, 1.82) is 0 Å². The second-order valence-electron chi connectivity index (χ2n) is 12.4. The molecular weight excluding hydrogens is 384 g/mol. The molecule has 3 nitrogen and oxygen atoms in total. The van der Waals surface area contributed by atoms with Crippen molar-refractivity contribution in [2.75, 3.05) is 0 Å². The van der Waals surface area contributed by atoms with Gasteiger partial charge in [0.15, 0.2) is 5.78 Å². The van der Waals surface area contributed by atoms with Crippen LogP contribution >= 0.6 is 0 Å². The molecule has 9 atom stereocenters. The van der Waals surface area contributed by atoms with Crippen molar-refractivity contribution in [3.8, 4) is 0 Å². The quantitative estimate of drug-likeness (QED) is 0.564. The van der Waals surface area contributed by atoms with Gasteiger partial charge in [0.05, 0.1) is 6.10 Å². The summed E-state index contributed by atoms with van der Waals surface area (Å²) in [5, 5.41) is 21.7. The number of allylic oxidation sites excluding steroid dienone is 3. The van der Waals surface area contributed by atoms with Crippen molar-refractivity contribution in [2.24, 2.45) is 46.3 Å². The van der Waals surface area contributed by atoms with Gasteiger partial charge in [0.25, 0.3) is 0 Å². The molecule has 0 amide bonds. The van der Waals surface area contributed by atoms with Crippen LogP contribution in [0, 0.1) is 46.3 Å². The standard InChI is InChI=1S/C28H44O3/c1-17(2)18(3)7-8-19(4)22-9-10-23-21-15-25(30)28(31)16-20(29)11-14-27(28,6)24(21)12-13-26(22,23)5/h7-8,15,17-20,22-24,29,31H,9-14,16H2,1-6H3/b8-7+/t18-,19+,20-,22?,23?,24?,26+,27+,28-/m0/s1. The second kappa shape index (κ2) is 7.83. The molecule has 0 aromatic heterocycles. The molecule has 0 spiro atoms. The van der Waals surface area contributed by atoms with Crippen molar-refractivity contribution in [3.63, 3.8) is 0 Å². The van der Waals surface area contributed by atoms with Crippen LogP contribution in [-0.4, -0.2) is 27.7 Å². The maximum atomic E-state index is 13.3. The van der Waals surface area contributed by atoms with Crippen LogP contribution in [0.5, 0.6) is 0 Å². The smallest absolute Gasteiger partial charge is 0.187 e. The van der Waals surface area contributed by atoms with E-state index in [9.17, 15) is 15.0 Å². The zero-order chi connectivity index (χ0) is 22.8. The van der Waals surface area contributed by atoms with Crippen LogP contribution in [0.15, 0.2) is 23.8 Å². The Kier molecular flexibility index (Phi) is 5.87. The van der Waals surface area contributed by atoms with Gasteiger partial charge in [0.1, 0.15) is 5.60 Å². The summed E-state index contributed by atoms with van der Waals surface area (Å²) in [5.41, 5.74) is -0.275. The van der Waals surface area contributed by atoms with Gasteiger partial charge in [-0.3, -0.25) is 4.79 Å². The van der Waals surface area contributed by atoms with Crippen molar-refractivity contribution < 1.29 is 15.0 Å². The van der Waals surface area contributed by atoms with E-state index in [1.54, 1.807) is 0 Å². The summed E-state index contributed by atoms with van der Waals surface area (Å²) in [6.07, 6.45) is 12.4. The number of ketones is 1. The highest BCUT2D eigenvalue weighted by atomic mass is 16.3. The Morgan fingerprint density at radius 1 is 1.00 bits per heavy atom. The van der Waals surface area contributed by atoms with E-state index < -0.39 is 17.1 Å². The van der Waals surface area contributed by atoms with Crippen LogP contribution < -0.4 is 0 Å². The first-order chi connectivity index (χ1) is 14.4. The zero-order valence-corrected chi connectivity index (χ0v) is 20.5. The van der Waals surface area contributed by atoms with Crippen LogP contribution in [0.3, 0.4) is 0 Å². The number of fused-ring (bicyclic) bond motifs is 5. The molecule has 0 aliphatic heterocycles. The highest BCUT2D eigenvalue weighted by molar-refractivity contribution is 5.99. The van der Waals surface area contributed by atoms with Crippen LogP contribution in [0.1, 0.15) is 86.5 Å². The zero-order valence-electron chi connectivity index (χ0n) is 20.5. The third-order valence-corrected chi connectivity index (χ3v) is 10.5. The highest BCUT2D eigenvalue weighted by Crippen LogP contribution is 2.67. The SMILES string of the molecule is CC(C)[C@@H](C)/C=C/[C@@H](C)C1CCC2C3=CC(=O)[C@@]4(O)C[C@@H](O)CC[C@]4(C)C3CC[C@@]21C. The van der Waals surface area contributed by atoms with Gasteiger partial charge in [-0.1, -0.05) is 59.3 Å². The summed E-state index contributed by atoms with van der Waals surface area (Å²) in [6, 6.07) is 0. The van der Waals surface area contributed by atoms with E-state index >= 15 is 0 Å². The Morgan fingerprint density at radius 2 is 1.71 bits per heavy atom. The van der Waals surface area contributed by atoms with E-state index in [2.05, 4.69) is 53.7 Å². The van der Waals surface area contributed by atoms with Gasteiger partial charge in [-0.05, 0) is 85.5 Å². The number of hydrogen-bond acceptors (Lipinski definition) is 3. The van der Waals surface area contributed by atoms with E-state index in [1.165, 1.54) is 18.4 Å². The molecule has 2 N–H and O–H groups in total. The van der Waals surface area contributed by atoms with Gasteiger partial charge in [-0.25, -0.2) is 0 Å². The maximum absolute atomic E-state index is 13.3. The van der Waals surface area contributed by atoms with Gasteiger partial charge >= 0.3 is 0 Å². The lowest BCUT2D eigenvalue weighted by Gasteiger charge is -2.59. The lowest BCUT2D eigenvalue weighted by molar-refractivity contribution is -0.180. The fourth-order valence-electron chi connectivity index (χ4n) is 7.96. The Balaban J connectivity index is 1.62. The molecule has 3 unspecified atom stereocenters. The van der Waals surface area contributed by atoms with E-state index in [0.29, 0.717) is 36.0 Å². The molecule has 3 saturated carbocycles.